The van der Waals surface area contributed by atoms with E-state index in [-0.39, 0.29) is 24.5 Å². The third-order valence-electron chi connectivity index (χ3n) is 3.39. The van der Waals surface area contributed by atoms with Crippen LogP contribution in [0.5, 0.6) is 0 Å². The van der Waals surface area contributed by atoms with Crippen LogP contribution in [-0.2, 0) is 4.74 Å². The normalized spacial score (nSPS) is 15.0. The zero-order chi connectivity index (χ0) is 15.2. The Morgan fingerprint density at radius 1 is 1.19 bits per heavy atom. The van der Waals surface area contributed by atoms with Crippen molar-refractivity contribution < 1.29 is 14.3 Å². The van der Waals surface area contributed by atoms with Gasteiger partial charge in [0.1, 0.15) is 6.61 Å². The predicted molar refractivity (Wildman–Crippen MR) is 80.7 cm³/mol. The summed E-state index contributed by atoms with van der Waals surface area (Å²) in [5, 5.41) is 0. The van der Waals surface area contributed by atoms with Gasteiger partial charge in [0, 0.05) is 31.7 Å². The molecule has 1 heterocycles. The summed E-state index contributed by atoms with van der Waals surface area (Å²) in [6, 6.07) is 7.53. The number of hydrogen-bond acceptors (Lipinski definition) is 3. The van der Waals surface area contributed by atoms with Crippen molar-refractivity contribution in [1.29, 1.82) is 0 Å². The summed E-state index contributed by atoms with van der Waals surface area (Å²) in [6.45, 7) is 4.17. The number of rotatable bonds is 3. The van der Waals surface area contributed by atoms with E-state index in [1.54, 1.807) is 9.80 Å². The molecule has 1 fully saturated rings. The van der Waals surface area contributed by atoms with E-state index in [4.69, 9.17) is 16.3 Å². The van der Waals surface area contributed by atoms with Crippen molar-refractivity contribution >= 4 is 23.6 Å². The number of nitrogens with zero attached hydrogens (tertiary/aromatic N) is 2. The molecule has 0 bridgehead atoms. The lowest BCUT2D eigenvalue weighted by molar-refractivity contribution is 0.0572. The first-order valence-electron chi connectivity index (χ1n) is 6.95. The molecule has 2 amide bonds. The van der Waals surface area contributed by atoms with E-state index in [0.29, 0.717) is 31.7 Å². The number of hydrogen-bond donors (Lipinski definition) is 0. The van der Waals surface area contributed by atoms with Gasteiger partial charge in [0.25, 0.3) is 5.91 Å². The Morgan fingerprint density at radius 3 is 2.48 bits per heavy atom. The highest BCUT2D eigenvalue weighted by atomic mass is 35.5. The van der Waals surface area contributed by atoms with Crippen molar-refractivity contribution in [3.63, 3.8) is 0 Å². The van der Waals surface area contributed by atoms with E-state index in [0.717, 1.165) is 5.56 Å². The Morgan fingerprint density at radius 2 is 1.86 bits per heavy atom. The lowest BCUT2D eigenvalue weighted by Gasteiger charge is -2.34. The molecule has 1 aromatic carbocycles. The van der Waals surface area contributed by atoms with Gasteiger partial charge in [-0.3, -0.25) is 4.79 Å². The Bertz CT molecular complexity index is 513. The van der Waals surface area contributed by atoms with Gasteiger partial charge in [0.2, 0.25) is 0 Å². The van der Waals surface area contributed by atoms with Gasteiger partial charge >= 0.3 is 6.09 Å². The molecule has 0 saturated carbocycles. The largest absolute Gasteiger partial charge is 0.448 e. The van der Waals surface area contributed by atoms with E-state index >= 15 is 0 Å². The van der Waals surface area contributed by atoms with Crippen LogP contribution in [0.4, 0.5) is 4.79 Å². The molecular weight excluding hydrogens is 292 g/mol. The second-order valence-electron chi connectivity index (χ2n) is 4.95. The van der Waals surface area contributed by atoms with E-state index in [2.05, 4.69) is 0 Å². The fourth-order valence-electron chi connectivity index (χ4n) is 2.27. The van der Waals surface area contributed by atoms with Crippen molar-refractivity contribution in [2.45, 2.75) is 6.92 Å². The van der Waals surface area contributed by atoms with E-state index in [1.165, 1.54) is 0 Å². The van der Waals surface area contributed by atoms with Crippen molar-refractivity contribution in [2.75, 3.05) is 38.7 Å². The molecule has 0 radical (unpaired) electrons. The summed E-state index contributed by atoms with van der Waals surface area (Å²) in [6.07, 6.45) is -0.363. The lowest BCUT2D eigenvalue weighted by Crippen LogP contribution is -2.50. The molecule has 2 rings (SSSR count). The molecule has 0 aromatic heterocycles. The Labute approximate surface area is 129 Å². The molecule has 1 aliphatic heterocycles. The number of benzene rings is 1. The van der Waals surface area contributed by atoms with Crippen LogP contribution in [0.1, 0.15) is 15.9 Å². The number of amides is 2. The second-order valence-corrected chi connectivity index (χ2v) is 5.33. The highest BCUT2D eigenvalue weighted by Crippen LogP contribution is 2.11. The number of aryl methyl sites for hydroxylation is 1. The fraction of sp³-hybridized carbons (Fsp3) is 0.467. The SMILES string of the molecule is Cc1cccc(C(=O)N2CCN(C(=O)OCCCl)CC2)c1. The molecule has 114 valence electrons. The third kappa shape index (κ3) is 4.11. The van der Waals surface area contributed by atoms with Crippen LogP contribution < -0.4 is 0 Å². The first-order chi connectivity index (χ1) is 10.1. The molecule has 21 heavy (non-hydrogen) atoms. The van der Waals surface area contributed by atoms with Crippen LogP contribution in [0.2, 0.25) is 0 Å². The predicted octanol–water partition coefficient (Wildman–Crippen LogP) is 2.13. The van der Waals surface area contributed by atoms with E-state index in [9.17, 15) is 9.59 Å². The van der Waals surface area contributed by atoms with Gasteiger partial charge in [-0.25, -0.2) is 4.79 Å². The number of piperazine rings is 1. The molecule has 1 saturated heterocycles. The summed E-state index contributed by atoms with van der Waals surface area (Å²) in [5.41, 5.74) is 1.75. The minimum atomic E-state index is -0.363. The summed E-state index contributed by atoms with van der Waals surface area (Å²) >= 11 is 5.48. The first-order valence-corrected chi connectivity index (χ1v) is 7.49. The van der Waals surface area contributed by atoms with Gasteiger partial charge in [-0.1, -0.05) is 17.7 Å². The molecule has 0 N–H and O–H groups in total. The van der Waals surface area contributed by atoms with Gasteiger partial charge < -0.3 is 14.5 Å². The summed E-state index contributed by atoms with van der Waals surface area (Å²) in [4.78, 5) is 27.4. The van der Waals surface area contributed by atoms with Crippen LogP contribution in [-0.4, -0.2) is 60.5 Å². The first kappa shape index (κ1) is 15.6. The quantitative estimate of drug-likeness (QED) is 0.804. The maximum atomic E-state index is 12.4. The maximum Gasteiger partial charge on any atom is 0.409 e. The molecule has 0 spiro atoms. The Kier molecular flexibility index (Phi) is 5.44. The molecule has 1 aliphatic rings. The number of halogens is 1. The highest BCUT2D eigenvalue weighted by Gasteiger charge is 2.25. The summed E-state index contributed by atoms with van der Waals surface area (Å²) < 4.78 is 4.98. The molecule has 0 unspecified atom stereocenters. The standard InChI is InChI=1S/C15H19ClN2O3/c1-12-3-2-4-13(11-12)14(19)17-6-8-18(9-7-17)15(20)21-10-5-16/h2-4,11H,5-10H2,1H3. The third-order valence-corrected chi connectivity index (χ3v) is 3.55. The van der Waals surface area contributed by atoms with Gasteiger partial charge in [0.15, 0.2) is 0 Å². The zero-order valence-electron chi connectivity index (χ0n) is 12.0. The molecule has 0 aliphatic carbocycles. The van der Waals surface area contributed by atoms with Crippen LogP contribution in [0.15, 0.2) is 24.3 Å². The van der Waals surface area contributed by atoms with Gasteiger partial charge in [-0.05, 0) is 19.1 Å². The second kappa shape index (κ2) is 7.31. The smallest absolute Gasteiger partial charge is 0.409 e. The number of carbonyl (C=O) groups is 2. The summed E-state index contributed by atoms with van der Waals surface area (Å²) in [7, 11) is 0. The average molecular weight is 311 g/mol. The fourth-order valence-corrected chi connectivity index (χ4v) is 2.35. The minimum Gasteiger partial charge on any atom is -0.448 e. The summed E-state index contributed by atoms with van der Waals surface area (Å²) in [5.74, 6) is 0.296. The average Bonchev–Trinajstić information content (AvgIpc) is 2.52. The van der Waals surface area contributed by atoms with Crippen molar-refractivity contribution in [1.82, 2.24) is 9.80 Å². The van der Waals surface area contributed by atoms with Crippen LogP contribution in [0.25, 0.3) is 0 Å². The van der Waals surface area contributed by atoms with E-state index < -0.39 is 0 Å². The van der Waals surface area contributed by atoms with Crippen LogP contribution >= 0.6 is 11.6 Å². The van der Waals surface area contributed by atoms with Gasteiger partial charge in [-0.2, -0.15) is 0 Å². The van der Waals surface area contributed by atoms with Crippen molar-refractivity contribution in [3.8, 4) is 0 Å². The van der Waals surface area contributed by atoms with Gasteiger partial charge in [-0.15, -0.1) is 11.6 Å². The molecule has 6 heteroatoms. The number of carbonyl (C=O) groups excluding carboxylic acids is 2. The maximum absolute atomic E-state index is 12.4. The highest BCUT2D eigenvalue weighted by molar-refractivity contribution is 6.18. The van der Waals surface area contributed by atoms with E-state index in [1.807, 2.05) is 31.2 Å². The minimum absolute atomic E-state index is 0.00692. The topological polar surface area (TPSA) is 49.9 Å². The molecule has 5 nitrogen and oxygen atoms in total. The van der Waals surface area contributed by atoms with Gasteiger partial charge in [0.05, 0.1) is 5.88 Å². The Balaban J connectivity index is 1.89. The van der Waals surface area contributed by atoms with Crippen LogP contribution in [0.3, 0.4) is 0 Å². The molecule has 1 aromatic rings. The van der Waals surface area contributed by atoms with Crippen molar-refractivity contribution in [3.05, 3.63) is 35.4 Å². The van der Waals surface area contributed by atoms with Crippen LogP contribution in [0, 0.1) is 6.92 Å². The monoisotopic (exact) mass is 310 g/mol. The van der Waals surface area contributed by atoms with Crippen molar-refractivity contribution in [2.24, 2.45) is 0 Å². The molecular formula is C15H19ClN2O3. The molecule has 0 atom stereocenters. The number of ether oxygens (including phenoxy) is 1. The Hall–Kier alpha value is -1.75. The lowest BCUT2D eigenvalue weighted by atomic mass is 10.1. The number of alkyl halides is 1. The zero-order valence-corrected chi connectivity index (χ0v) is 12.8.